The average Bonchev–Trinajstić information content (AvgIpc) is 2.37. The molecule has 1 fully saturated rings. The fourth-order valence-electron chi connectivity index (χ4n) is 2.88. The van der Waals surface area contributed by atoms with Crippen molar-refractivity contribution in [1.29, 1.82) is 0 Å². The van der Waals surface area contributed by atoms with Crippen molar-refractivity contribution in [1.82, 2.24) is 0 Å². The van der Waals surface area contributed by atoms with Crippen molar-refractivity contribution < 1.29 is 18.3 Å². The molecule has 2 rings (SSSR count). The van der Waals surface area contributed by atoms with Crippen molar-refractivity contribution in [3.8, 4) is 0 Å². The van der Waals surface area contributed by atoms with Gasteiger partial charge in [-0.15, -0.1) is 0 Å². The molecule has 1 N–H and O–H groups in total. The smallest absolute Gasteiger partial charge is 0.335 e. The van der Waals surface area contributed by atoms with Crippen molar-refractivity contribution >= 4 is 25.7 Å². The predicted molar refractivity (Wildman–Crippen MR) is 77.0 cm³/mol. The first-order valence-electron chi connectivity index (χ1n) is 6.63. The minimum atomic E-state index is -3.95. The quantitative estimate of drug-likeness (QED) is 0.864. The zero-order valence-corrected chi connectivity index (χ0v) is 12.8. The Hall–Kier alpha value is -1.07. The maximum Gasteiger partial charge on any atom is 0.335 e. The van der Waals surface area contributed by atoms with Crippen LogP contribution in [0.1, 0.15) is 59.5 Å². The molecule has 0 amide bonds. The summed E-state index contributed by atoms with van der Waals surface area (Å²) in [6.45, 7) is 1.68. The third-order valence-electron chi connectivity index (χ3n) is 3.89. The minimum Gasteiger partial charge on any atom is -0.478 e. The van der Waals surface area contributed by atoms with Crippen molar-refractivity contribution in [3.63, 3.8) is 0 Å². The highest BCUT2D eigenvalue weighted by Gasteiger charge is 2.26. The summed E-state index contributed by atoms with van der Waals surface area (Å²) in [6.07, 6.45) is 5.13. The molecule has 1 aromatic rings. The Morgan fingerprint density at radius 1 is 1.25 bits per heavy atom. The van der Waals surface area contributed by atoms with Gasteiger partial charge in [-0.05, 0) is 42.9 Å². The van der Waals surface area contributed by atoms with Crippen LogP contribution in [-0.4, -0.2) is 19.5 Å². The molecule has 0 saturated heterocycles. The molecule has 0 atom stereocenters. The van der Waals surface area contributed by atoms with E-state index in [1.165, 1.54) is 6.07 Å². The van der Waals surface area contributed by atoms with E-state index in [-0.39, 0.29) is 16.4 Å². The first kappa shape index (κ1) is 15.3. The molecule has 6 heteroatoms. The molecular weight excluding hydrogens is 300 g/mol. The predicted octanol–water partition coefficient (Wildman–Crippen LogP) is 3.67. The maximum atomic E-state index is 11.8. The number of benzene rings is 1. The van der Waals surface area contributed by atoms with E-state index < -0.39 is 15.0 Å². The second-order valence-electron chi connectivity index (χ2n) is 5.28. The number of hydrogen-bond donors (Lipinski definition) is 1. The third kappa shape index (κ3) is 3.15. The van der Waals surface area contributed by atoms with Crippen LogP contribution in [0.3, 0.4) is 0 Å². The van der Waals surface area contributed by atoms with E-state index in [0.717, 1.165) is 32.1 Å². The highest BCUT2D eigenvalue weighted by molar-refractivity contribution is 8.13. The van der Waals surface area contributed by atoms with Crippen molar-refractivity contribution in [2.45, 2.75) is 49.8 Å². The zero-order valence-electron chi connectivity index (χ0n) is 11.2. The van der Waals surface area contributed by atoms with Gasteiger partial charge in [-0.25, -0.2) is 13.2 Å². The normalized spacial score (nSPS) is 17.1. The zero-order chi connectivity index (χ0) is 14.9. The van der Waals surface area contributed by atoms with E-state index in [1.807, 2.05) is 0 Å². The van der Waals surface area contributed by atoms with Gasteiger partial charge < -0.3 is 5.11 Å². The lowest BCUT2D eigenvalue weighted by molar-refractivity contribution is 0.0696. The molecule has 0 bridgehead atoms. The molecule has 0 radical (unpaired) electrons. The summed E-state index contributed by atoms with van der Waals surface area (Å²) in [7, 11) is 1.54. The molecule has 1 aliphatic carbocycles. The number of carbonyl (C=O) groups is 1. The number of carboxylic acids is 1. The van der Waals surface area contributed by atoms with Gasteiger partial charge in [0.25, 0.3) is 9.05 Å². The molecular formula is C14H17ClO4S. The Balaban J connectivity index is 2.60. The summed E-state index contributed by atoms with van der Waals surface area (Å²) in [6, 6.07) is 2.87. The number of aryl methyl sites for hydroxylation is 1. The molecule has 0 aliphatic heterocycles. The number of hydrogen-bond acceptors (Lipinski definition) is 3. The van der Waals surface area contributed by atoms with Crippen LogP contribution < -0.4 is 0 Å². The topological polar surface area (TPSA) is 71.4 Å². The van der Waals surface area contributed by atoms with Gasteiger partial charge in [0, 0.05) is 10.7 Å². The third-order valence-corrected chi connectivity index (χ3v) is 5.27. The van der Waals surface area contributed by atoms with E-state index in [0.29, 0.717) is 11.1 Å². The van der Waals surface area contributed by atoms with Crippen molar-refractivity contribution in [2.75, 3.05) is 0 Å². The molecule has 0 unspecified atom stereocenters. The molecule has 1 saturated carbocycles. The van der Waals surface area contributed by atoms with E-state index >= 15 is 0 Å². The Labute approximate surface area is 123 Å². The lowest BCUT2D eigenvalue weighted by Crippen LogP contribution is -2.11. The highest BCUT2D eigenvalue weighted by atomic mass is 35.7. The molecule has 4 nitrogen and oxygen atoms in total. The molecule has 1 aliphatic rings. The molecule has 0 spiro atoms. The second kappa shape index (κ2) is 5.74. The summed E-state index contributed by atoms with van der Waals surface area (Å²) >= 11 is 0. The van der Waals surface area contributed by atoms with Gasteiger partial charge in [0.15, 0.2) is 0 Å². The van der Waals surface area contributed by atoms with Crippen LogP contribution in [0.5, 0.6) is 0 Å². The summed E-state index contributed by atoms with van der Waals surface area (Å²) in [4.78, 5) is 11.1. The number of carboxylic acid groups (broad SMARTS) is 1. The summed E-state index contributed by atoms with van der Waals surface area (Å²) in [5.41, 5.74) is 1.23. The fourth-order valence-corrected chi connectivity index (χ4v) is 4.05. The number of rotatable bonds is 3. The Morgan fingerprint density at radius 3 is 2.35 bits per heavy atom. The average molecular weight is 317 g/mol. The Kier molecular flexibility index (Phi) is 4.39. The monoisotopic (exact) mass is 316 g/mol. The van der Waals surface area contributed by atoms with E-state index in [2.05, 4.69) is 0 Å². The van der Waals surface area contributed by atoms with E-state index in [9.17, 15) is 13.2 Å². The van der Waals surface area contributed by atoms with Crippen molar-refractivity contribution in [3.05, 3.63) is 28.8 Å². The van der Waals surface area contributed by atoms with Crippen LogP contribution in [0, 0.1) is 6.92 Å². The molecule has 0 heterocycles. The molecule has 20 heavy (non-hydrogen) atoms. The van der Waals surface area contributed by atoms with Gasteiger partial charge in [0.2, 0.25) is 0 Å². The first-order valence-corrected chi connectivity index (χ1v) is 8.94. The summed E-state index contributed by atoms with van der Waals surface area (Å²) < 4.78 is 23.5. The van der Waals surface area contributed by atoms with E-state index in [4.69, 9.17) is 15.8 Å². The first-order chi connectivity index (χ1) is 9.30. The van der Waals surface area contributed by atoms with Crippen LogP contribution in [0.15, 0.2) is 17.0 Å². The van der Waals surface area contributed by atoms with Crippen LogP contribution >= 0.6 is 10.7 Å². The molecule has 110 valence electrons. The molecule has 0 aromatic heterocycles. The van der Waals surface area contributed by atoms with Crippen molar-refractivity contribution in [2.24, 2.45) is 0 Å². The van der Waals surface area contributed by atoms with Crippen LogP contribution in [0.2, 0.25) is 0 Å². The minimum absolute atomic E-state index is 0.0104. The van der Waals surface area contributed by atoms with Gasteiger partial charge in [0.1, 0.15) is 0 Å². The largest absolute Gasteiger partial charge is 0.478 e. The van der Waals surface area contributed by atoms with Crippen LogP contribution in [-0.2, 0) is 9.05 Å². The van der Waals surface area contributed by atoms with Gasteiger partial charge in [-0.2, -0.15) is 0 Å². The van der Waals surface area contributed by atoms with Gasteiger partial charge >= 0.3 is 5.97 Å². The van der Waals surface area contributed by atoms with Gasteiger partial charge in [0.05, 0.1) is 10.5 Å². The number of aromatic carboxylic acids is 1. The lowest BCUT2D eigenvalue weighted by Gasteiger charge is -2.24. The summed E-state index contributed by atoms with van der Waals surface area (Å²) in [5.74, 6) is -0.993. The highest BCUT2D eigenvalue weighted by Crippen LogP contribution is 2.38. The maximum absolute atomic E-state index is 11.8. The van der Waals surface area contributed by atoms with Crippen LogP contribution in [0.4, 0.5) is 0 Å². The molecule has 1 aromatic carbocycles. The van der Waals surface area contributed by atoms with Crippen LogP contribution in [0.25, 0.3) is 0 Å². The SMILES string of the molecule is Cc1cc(C2CCCCC2)c(S(=O)(=O)Cl)cc1C(=O)O. The Morgan fingerprint density at radius 2 is 1.85 bits per heavy atom. The Bertz CT molecular complexity index is 631. The second-order valence-corrected chi connectivity index (χ2v) is 7.82. The lowest BCUT2D eigenvalue weighted by atomic mass is 9.83. The number of halogens is 1. The standard InChI is InChI=1S/C14H17ClO4S/c1-9-7-12(10-5-3-2-4-6-10)13(20(15,18)19)8-11(9)14(16)17/h7-8,10H,2-6H2,1H3,(H,16,17). The van der Waals surface area contributed by atoms with Gasteiger partial charge in [-0.3, -0.25) is 0 Å². The summed E-state index contributed by atoms with van der Waals surface area (Å²) in [5, 5.41) is 9.12. The van der Waals surface area contributed by atoms with E-state index in [1.54, 1.807) is 13.0 Å². The van der Waals surface area contributed by atoms with Gasteiger partial charge in [-0.1, -0.05) is 25.3 Å². The fraction of sp³-hybridized carbons (Fsp3) is 0.500.